The number of hydrogen-bond acceptors (Lipinski definition) is 4. The van der Waals surface area contributed by atoms with Gasteiger partial charge in [-0.05, 0) is 57.3 Å². The van der Waals surface area contributed by atoms with Crippen molar-refractivity contribution in [2.75, 3.05) is 11.1 Å². The fourth-order valence-electron chi connectivity index (χ4n) is 2.91. The third-order valence-electron chi connectivity index (χ3n) is 4.78. The minimum atomic E-state index is 0.0222. The van der Waals surface area contributed by atoms with Crippen LogP contribution in [0.15, 0.2) is 0 Å². The average Bonchev–Trinajstić information content (AvgIpc) is 3.30. The fourth-order valence-corrected chi connectivity index (χ4v) is 4.12. The topological polar surface area (TPSA) is 67.2 Å². The van der Waals surface area contributed by atoms with Gasteiger partial charge in [0.2, 0.25) is 0 Å². The first kappa shape index (κ1) is 13.4. The van der Waals surface area contributed by atoms with E-state index in [0.29, 0.717) is 22.9 Å². The number of nitrogens with one attached hydrogen (secondary N) is 2. The minimum Gasteiger partial charge on any atom is -0.397 e. The van der Waals surface area contributed by atoms with Crippen LogP contribution < -0.4 is 16.4 Å². The van der Waals surface area contributed by atoms with Crippen molar-refractivity contribution in [3.8, 4) is 0 Å². The molecule has 3 fully saturated rings. The molecule has 0 saturated heterocycles. The van der Waals surface area contributed by atoms with Crippen molar-refractivity contribution < 1.29 is 4.79 Å². The van der Waals surface area contributed by atoms with Crippen LogP contribution in [0.1, 0.15) is 66.6 Å². The molecule has 114 valence electrons. The van der Waals surface area contributed by atoms with E-state index in [-0.39, 0.29) is 5.91 Å². The van der Waals surface area contributed by atoms with Gasteiger partial charge >= 0.3 is 0 Å². The first-order chi connectivity index (χ1) is 10.1. The van der Waals surface area contributed by atoms with Gasteiger partial charge in [0.05, 0.1) is 10.7 Å². The van der Waals surface area contributed by atoms with Crippen LogP contribution in [-0.4, -0.2) is 18.0 Å². The monoisotopic (exact) mass is 305 g/mol. The number of nitrogen functional groups attached to an aromatic ring is 1. The second-order valence-corrected chi connectivity index (χ2v) is 7.90. The van der Waals surface area contributed by atoms with E-state index >= 15 is 0 Å². The largest absolute Gasteiger partial charge is 0.397 e. The van der Waals surface area contributed by atoms with Gasteiger partial charge in [0.1, 0.15) is 4.88 Å². The molecule has 4 rings (SSSR count). The zero-order chi connectivity index (χ0) is 14.6. The highest BCUT2D eigenvalue weighted by Crippen LogP contribution is 2.51. The number of nitrogens with two attached hydrogens (primary N) is 1. The number of carbonyl (C=O) groups is 1. The zero-order valence-electron chi connectivity index (χ0n) is 12.4. The minimum absolute atomic E-state index is 0.0222. The molecule has 5 heteroatoms. The van der Waals surface area contributed by atoms with E-state index < -0.39 is 0 Å². The summed E-state index contributed by atoms with van der Waals surface area (Å²) in [4.78, 5) is 13.1. The van der Waals surface area contributed by atoms with Crippen LogP contribution in [0.5, 0.6) is 0 Å². The third-order valence-corrected chi connectivity index (χ3v) is 5.93. The van der Waals surface area contributed by atoms with Gasteiger partial charge in [-0.1, -0.05) is 0 Å². The quantitative estimate of drug-likeness (QED) is 0.755. The van der Waals surface area contributed by atoms with E-state index in [0.717, 1.165) is 29.4 Å². The van der Waals surface area contributed by atoms with Crippen molar-refractivity contribution in [1.29, 1.82) is 0 Å². The predicted molar refractivity (Wildman–Crippen MR) is 87.0 cm³/mol. The maximum atomic E-state index is 12.3. The van der Waals surface area contributed by atoms with E-state index in [1.165, 1.54) is 31.2 Å². The molecule has 21 heavy (non-hydrogen) atoms. The van der Waals surface area contributed by atoms with E-state index in [1.807, 2.05) is 0 Å². The third kappa shape index (κ3) is 2.76. The number of anilines is 2. The van der Waals surface area contributed by atoms with Crippen LogP contribution in [0, 0.1) is 5.92 Å². The number of thiophene rings is 1. The molecule has 3 aliphatic rings. The second kappa shape index (κ2) is 4.90. The number of carbonyl (C=O) groups excluding carboxylic acids is 1. The Labute approximate surface area is 129 Å². The molecule has 0 bridgehead atoms. The summed E-state index contributed by atoms with van der Waals surface area (Å²) in [6.07, 6.45) is 7.27. The van der Waals surface area contributed by atoms with Gasteiger partial charge in [-0.25, -0.2) is 0 Å². The molecule has 3 aliphatic carbocycles. The summed E-state index contributed by atoms with van der Waals surface area (Å²) in [7, 11) is 0. The Morgan fingerprint density at radius 3 is 2.52 bits per heavy atom. The molecule has 1 aromatic rings. The van der Waals surface area contributed by atoms with Crippen molar-refractivity contribution in [2.24, 2.45) is 5.92 Å². The lowest BCUT2D eigenvalue weighted by molar-refractivity contribution is 0.0956. The summed E-state index contributed by atoms with van der Waals surface area (Å²) >= 11 is 1.56. The van der Waals surface area contributed by atoms with Gasteiger partial charge in [-0.2, -0.15) is 0 Å². The second-order valence-electron chi connectivity index (χ2n) is 6.88. The Kier molecular flexibility index (Phi) is 3.14. The van der Waals surface area contributed by atoms with Crippen molar-refractivity contribution in [3.05, 3.63) is 10.4 Å². The van der Waals surface area contributed by atoms with E-state index in [9.17, 15) is 4.79 Å². The molecule has 1 aromatic heterocycles. The number of rotatable bonds is 6. The Bertz CT molecular complexity index is 570. The number of amides is 1. The Morgan fingerprint density at radius 2 is 1.95 bits per heavy atom. The first-order valence-electron chi connectivity index (χ1n) is 8.13. The van der Waals surface area contributed by atoms with Crippen LogP contribution in [0.4, 0.5) is 10.7 Å². The molecule has 0 aromatic carbocycles. The van der Waals surface area contributed by atoms with Crippen molar-refractivity contribution in [3.63, 3.8) is 0 Å². The molecule has 1 unspecified atom stereocenters. The summed E-state index contributed by atoms with van der Waals surface area (Å²) in [5.41, 5.74) is 8.26. The van der Waals surface area contributed by atoms with Crippen LogP contribution in [0.3, 0.4) is 0 Å². The molecule has 1 amide bonds. The Balaban J connectivity index is 1.59. The van der Waals surface area contributed by atoms with E-state index in [4.69, 9.17) is 5.73 Å². The van der Waals surface area contributed by atoms with E-state index in [1.54, 1.807) is 11.3 Å². The zero-order valence-corrected chi connectivity index (χ0v) is 13.3. The van der Waals surface area contributed by atoms with Crippen LogP contribution in [0.2, 0.25) is 0 Å². The lowest BCUT2D eigenvalue weighted by Gasteiger charge is -2.14. The summed E-state index contributed by atoms with van der Waals surface area (Å²) < 4.78 is 0. The van der Waals surface area contributed by atoms with Crippen LogP contribution in [0.25, 0.3) is 0 Å². The lowest BCUT2D eigenvalue weighted by atomic mass is 10.1. The average molecular weight is 305 g/mol. The maximum Gasteiger partial charge on any atom is 0.263 e. The highest BCUT2D eigenvalue weighted by molar-refractivity contribution is 7.18. The molecule has 0 radical (unpaired) electrons. The fraction of sp³-hybridized carbons (Fsp3) is 0.688. The summed E-state index contributed by atoms with van der Waals surface area (Å²) in [5.74, 6) is 1.38. The highest BCUT2D eigenvalue weighted by Gasteiger charge is 2.36. The Morgan fingerprint density at radius 1 is 1.24 bits per heavy atom. The van der Waals surface area contributed by atoms with E-state index in [2.05, 4.69) is 17.6 Å². The molecule has 3 saturated carbocycles. The molecule has 1 heterocycles. The van der Waals surface area contributed by atoms with Crippen LogP contribution in [-0.2, 0) is 0 Å². The van der Waals surface area contributed by atoms with Gasteiger partial charge in [0.25, 0.3) is 5.91 Å². The number of hydrogen-bond donors (Lipinski definition) is 3. The molecule has 4 N–H and O–H groups in total. The normalized spacial score (nSPS) is 22.9. The maximum absolute atomic E-state index is 12.3. The summed E-state index contributed by atoms with van der Waals surface area (Å²) in [6.45, 7) is 2.24. The Hall–Kier alpha value is -1.23. The molecule has 0 aliphatic heterocycles. The lowest BCUT2D eigenvalue weighted by Crippen LogP contribution is -2.25. The van der Waals surface area contributed by atoms with Crippen molar-refractivity contribution in [1.82, 2.24) is 5.32 Å². The molecule has 4 nitrogen and oxygen atoms in total. The first-order valence-corrected chi connectivity index (χ1v) is 8.94. The standard InChI is InChI=1S/C16H23N3OS/c1-8(9-2-3-9)18-16-12(10-4-5-10)13(17)14(21-16)15(20)19-11-6-7-11/h8-11,18H,2-7,17H2,1H3,(H,19,20). The van der Waals surface area contributed by atoms with Gasteiger partial charge in [-0.15, -0.1) is 11.3 Å². The molecule has 1 atom stereocenters. The van der Waals surface area contributed by atoms with Crippen molar-refractivity contribution >= 4 is 27.9 Å². The van der Waals surface area contributed by atoms with Gasteiger partial charge in [0.15, 0.2) is 0 Å². The molecular weight excluding hydrogens is 282 g/mol. The highest BCUT2D eigenvalue weighted by atomic mass is 32.1. The molecular formula is C16H23N3OS. The predicted octanol–water partition coefficient (Wildman–Crippen LogP) is 3.31. The van der Waals surface area contributed by atoms with Gasteiger partial charge in [0, 0.05) is 17.6 Å². The summed E-state index contributed by atoms with van der Waals surface area (Å²) in [6, 6.07) is 0.866. The summed E-state index contributed by atoms with van der Waals surface area (Å²) in [5, 5.41) is 7.85. The van der Waals surface area contributed by atoms with Gasteiger partial charge < -0.3 is 16.4 Å². The smallest absolute Gasteiger partial charge is 0.263 e. The van der Waals surface area contributed by atoms with Gasteiger partial charge in [-0.3, -0.25) is 4.79 Å². The van der Waals surface area contributed by atoms with Crippen LogP contribution >= 0.6 is 11.3 Å². The SMILES string of the molecule is CC(Nc1sc(C(=O)NC2CC2)c(N)c1C1CC1)C1CC1. The van der Waals surface area contributed by atoms with Crippen molar-refractivity contribution in [2.45, 2.75) is 63.5 Å². The molecule has 0 spiro atoms.